The van der Waals surface area contributed by atoms with Gasteiger partial charge in [0.15, 0.2) is 11.5 Å². The van der Waals surface area contributed by atoms with E-state index in [9.17, 15) is 0 Å². The van der Waals surface area contributed by atoms with Gasteiger partial charge in [-0.3, -0.25) is 0 Å². The van der Waals surface area contributed by atoms with Crippen molar-refractivity contribution in [2.45, 2.75) is 26.2 Å². The maximum absolute atomic E-state index is 5.95. The number of ether oxygens (including phenoxy) is 2. The van der Waals surface area contributed by atoms with Crippen LogP contribution < -0.4 is 14.8 Å². The van der Waals surface area contributed by atoms with Crippen LogP contribution in [0.1, 0.15) is 24.5 Å². The molecule has 2 aromatic rings. The number of nitrogens with one attached hydrogen (secondary N) is 1. The predicted octanol–water partition coefficient (Wildman–Crippen LogP) is 4.28. The molecule has 0 aliphatic carbocycles. The highest BCUT2D eigenvalue weighted by Gasteiger charge is 2.06. The molecule has 0 radical (unpaired) electrons. The van der Waals surface area contributed by atoms with E-state index in [-0.39, 0.29) is 12.4 Å². The molecule has 0 spiro atoms. The molecular formula is C20H28ClNO2. The number of benzene rings is 2. The van der Waals surface area contributed by atoms with Crippen LogP contribution in [-0.4, -0.2) is 26.8 Å². The molecule has 0 unspecified atom stereocenters. The average Bonchev–Trinajstić information content (AvgIpc) is 2.60. The van der Waals surface area contributed by atoms with E-state index in [2.05, 4.69) is 48.6 Å². The maximum atomic E-state index is 5.95. The largest absolute Gasteiger partial charge is 0.493 e. The van der Waals surface area contributed by atoms with Gasteiger partial charge < -0.3 is 14.8 Å². The van der Waals surface area contributed by atoms with Crippen molar-refractivity contribution in [1.82, 2.24) is 5.32 Å². The van der Waals surface area contributed by atoms with Crippen molar-refractivity contribution in [2.75, 3.05) is 26.8 Å². The lowest BCUT2D eigenvalue weighted by Crippen LogP contribution is -2.17. The summed E-state index contributed by atoms with van der Waals surface area (Å²) in [6.07, 6.45) is 3.06. The van der Waals surface area contributed by atoms with Crippen LogP contribution in [0.15, 0.2) is 48.5 Å². The lowest BCUT2D eigenvalue weighted by Gasteiger charge is -2.13. The molecule has 24 heavy (non-hydrogen) atoms. The Hall–Kier alpha value is -1.71. The molecule has 0 aliphatic rings. The van der Waals surface area contributed by atoms with Gasteiger partial charge in [0.2, 0.25) is 0 Å². The van der Waals surface area contributed by atoms with E-state index < -0.39 is 0 Å². The Balaban J connectivity index is 0.00000288. The third kappa shape index (κ3) is 6.81. The highest BCUT2D eigenvalue weighted by molar-refractivity contribution is 5.85. The average molecular weight is 350 g/mol. The molecular weight excluding hydrogens is 322 g/mol. The van der Waals surface area contributed by atoms with Crippen LogP contribution in [0.2, 0.25) is 0 Å². The molecule has 3 nitrogen and oxygen atoms in total. The van der Waals surface area contributed by atoms with Gasteiger partial charge in [0, 0.05) is 6.42 Å². The van der Waals surface area contributed by atoms with Crippen molar-refractivity contribution in [3.63, 3.8) is 0 Å². The summed E-state index contributed by atoms with van der Waals surface area (Å²) in [6.45, 7) is 4.89. The summed E-state index contributed by atoms with van der Waals surface area (Å²) in [5.41, 5.74) is 2.55. The number of hydrogen-bond donors (Lipinski definition) is 1. The van der Waals surface area contributed by atoms with Crippen LogP contribution in [0.4, 0.5) is 0 Å². The van der Waals surface area contributed by atoms with Crippen LogP contribution in [0.25, 0.3) is 0 Å². The van der Waals surface area contributed by atoms with Crippen LogP contribution in [0.5, 0.6) is 11.5 Å². The molecule has 2 aromatic carbocycles. The number of halogens is 1. The highest BCUT2D eigenvalue weighted by atomic mass is 35.5. The Morgan fingerprint density at radius 2 is 1.67 bits per heavy atom. The SMILES string of the molecule is CCCNCCc1ccc(OC)c(OCCc2ccccc2)c1.Cl. The van der Waals surface area contributed by atoms with Gasteiger partial charge in [0.1, 0.15) is 0 Å². The fourth-order valence-electron chi connectivity index (χ4n) is 2.45. The number of methoxy groups -OCH3 is 1. The maximum Gasteiger partial charge on any atom is 0.161 e. The van der Waals surface area contributed by atoms with Crippen molar-refractivity contribution < 1.29 is 9.47 Å². The first-order valence-electron chi connectivity index (χ1n) is 8.38. The highest BCUT2D eigenvalue weighted by Crippen LogP contribution is 2.28. The molecule has 4 heteroatoms. The molecule has 0 fully saturated rings. The lowest BCUT2D eigenvalue weighted by atomic mass is 10.1. The number of hydrogen-bond acceptors (Lipinski definition) is 3. The van der Waals surface area contributed by atoms with Gasteiger partial charge in [-0.1, -0.05) is 43.3 Å². The van der Waals surface area contributed by atoms with E-state index in [1.165, 1.54) is 11.1 Å². The van der Waals surface area contributed by atoms with E-state index in [0.29, 0.717) is 6.61 Å². The Labute approximate surface area is 151 Å². The van der Waals surface area contributed by atoms with Gasteiger partial charge in [-0.25, -0.2) is 0 Å². The fourth-order valence-corrected chi connectivity index (χ4v) is 2.45. The summed E-state index contributed by atoms with van der Waals surface area (Å²) in [7, 11) is 1.68. The first kappa shape index (κ1) is 20.3. The second-order valence-corrected chi connectivity index (χ2v) is 5.57. The summed E-state index contributed by atoms with van der Waals surface area (Å²) in [4.78, 5) is 0. The van der Waals surface area contributed by atoms with Gasteiger partial charge in [-0.2, -0.15) is 0 Å². The Bertz CT molecular complexity index is 575. The van der Waals surface area contributed by atoms with Gasteiger partial charge in [0.25, 0.3) is 0 Å². The Morgan fingerprint density at radius 3 is 2.38 bits per heavy atom. The topological polar surface area (TPSA) is 30.5 Å². The molecule has 2 rings (SSSR count). The molecule has 0 bridgehead atoms. The first-order valence-corrected chi connectivity index (χ1v) is 8.38. The predicted molar refractivity (Wildman–Crippen MR) is 103 cm³/mol. The van der Waals surface area contributed by atoms with E-state index in [1.54, 1.807) is 7.11 Å². The van der Waals surface area contributed by atoms with Crippen molar-refractivity contribution in [2.24, 2.45) is 0 Å². The van der Waals surface area contributed by atoms with Gasteiger partial charge in [-0.15, -0.1) is 12.4 Å². The minimum atomic E-state index is 0. The summed E-state index contributed by atoms with van der Waals surface area (Å²) in [5.74, 6) is 1.62. The van der Waals surface area contributed by atoms with Crippen LogP contribution in [-0.2, 0) is 12.8 Å². The van der Waals surface area contributed by atoms with Crippen LogP contribution in [0.3, 0.4) is 0 Å². The number of rotatable bonds is 10. The van der Waals surface area contributed by atoms with E-state index >= 15 is 0 Å². The first-order chi connectivity index (χ1) is 11.3. The van der Waals surface area contributed by atoms with Crippen LogP contribution in [0, 0.1) is 0 Å². The third-order valence-electron chi connectivity index (χ3n) is 3.74. The van der Waals surface area contributed by atoms with Crippen molar-refractivity contribution >= 4 is 12.4 Å². The van der Waals surface area contributed by atoms with E-state index in [1.807, 2.05) is 12.1 Å². The van der Waals surface area contributed by atoms with Gasteiger partial charge >= 0.3 is 0 Å². The molecule has 0 heterocycles. The molecule has 0 saturated heterocycles. The zero-order valence-electron chi connectivity index (χ0n) is 14.6. The zero-order chi connectivity index (χ0) is 16.3. The third-order valence-corrected chi connectivity index (χ3v) is 3.74. The smallest absolute Gasteiger partial charge is 0.161 e. The lowest BCUT2D eigenvalue weighted by molar-refractivity contribution is 0.297. The van der Waals surface area contributed by atoms with Crippen molar-refractivity contribution in [1.29, 1.82) is 0 Å². The standard InChI is InChI=1S/C20H27NO2.ClH/c1-3-13-21-14-11-18-9-10-19(22-2)20(16-18)23-15-12-17-7-5-4-6-8-17;/h4-10,16,21H,3,11-15H2,1-2H3;1H. The molecule has 0 atom stereocenters. The molecule has 1 N–H and O–H groups in total. The second-order valence-electron chi connectivity index (χ2n) is 5.57. The molecule has 0 aromatic heterocycles. The molecule has 0 saturated carbocycles. The van der Waals surface area contributed by atoms with Crippen LogP contribution >= 0.6 is 12.4 Å². The summed E-state index contributed by atoms with van der Waals surface area (Å²) < 4.78 is 11.4. The normalized spacial score (nSPS) is 10.1. The Kier molecular flexibility index (Phi) is 9.97. The molecule has 0 amide bonds. The van der Waals surface area contributed by atoms with E-state index in [0.717, 1.165) is 43.9 Å². The van der Waals surface area contributed by atoms with Crippen molar-refractivity contribution in [3.8, 4) is 11.5 Å². The quantitative estimate of drug-likeness (QED) is 0.649. The summed E-state index contributed by atoms with van der Waals surface area (Å²) >= 11 is 0. The van der Waals surface area contributed by atoms with E-state index in [4.69, 9.17) is 9.47 Å². The summed E-state index contributed by atoms with van der Waals surface area (Å²) in [5, 5.41) is 3.42. The molecule has 132 valence electrons. The second kappa shape index (κ2) is 11.8. The van der Waals surface area contributed by atoms with Gasteiger partial charge in [0.05, 0.1) is 13.7 Å². The zero-order valence-corrected chi connectivity index (χ0v) is 15.4. The Morgan fingerprint density at radius 1 is 0.875 bits per heavy atom. The minimum Gasteiger partial charge on any atom is -0.493 e. The van der Waals surface area contributed by atoms with Gasteiger partial charge in [-0.05, 0) is 49.2 Å². The monoisotopic (exact) mass is 349 g/mol. The minimum absolute atomic E-state index is 0. The van der Waals surface area contributed by atoms with Crippen molar-refractivity contribution in [3.05, 3.63) is 59.7 Å². The molecule has 0 aliphatic heterocycles. The fraction of sp³-hybridized carbons (Fsp3) is 0.400. The summed E-state index contributed by atoms with van der Waals surface area (Å²) in [6, 6.07) is 16.6.